The average molecular weight is 242 g/mol. The first-order valence-electron chi connectivity index (χ1n) is 3.41. The normalized spacial score (nSPS) is 18.0. The van der Waals surface area contributed by atoms with Gasteiger partial charge in [0.25, 0.3) is 0 Å². The van der Waals surface area contributed by atoms with Crippen molar-refractivity contribution in [3.8, 4) is 0 Å². The molecule has 0 radical (unpaired) electrons. The van der Waals surface area contributed by atoms with E-state index in [1.807, 2.05) is 13.8 Å². The zero-order valence-corrected chi connectivity index (χ0v) is 8.42. The van der Waals surface area contributed by atoms with Crippen molar-refractivity contribution in [1.29, 1.82) is 0 Å². The first-order valence-corrected chi connectivity index (χ1v) is 4.66. The summed E-state index contributed by atoms with van der Waals surface area (Å²) in [6.45, 7) is 6.20. The molecule has 0 bridgehead atoms. The average Bonchev–Trinajstić information content (AvgIpc) is 1.84. The number of hydrogen-bond donors (Lipinski definition) is 1. The highest BCUT2D eigenvalue weighted by Crippen LogP contribution is 2.16. The van der Waals surface area contributed by atoms with Gasteiger partial charge < -0.3 is 5.11 Å². The van der Waals surface area contributed by atoms with Crippen LogP contribution >= 0.6 is 22.6 Å². The van der Waals surface area contributed by atoms with Gasteiger partial charge in [-0.2, -0.15) is 0 Å². The molecule has 0 aromatic heterocycles. The van der Waals surface area contributed by atoms with Gasteiger partial charge >= 0.3 is 0 Å². The third-order valence-electron chi connectivity index (χ3n) is 1.44. The zero-order chi connectivity index (χ0) is 7.44. The van der Waals surface area contributed by atoms with E-state index in [-0.39, 0.29) is 6.10 Å². The Morgan fingerprint density at radius 2 is 1.89 bits per heavy atom. The van der Waals surface area contributed by atoms with Crippen molar-refractivity contribution >= 4 is 22.6 Å². The molecular formula is C7H15IO. The molecule has 56 valence electrons. The lowest BCUT2D eigenvalue weighted by Gasteiger charge is -2.18. The van der Waals surface area contributed by atoms with Gasteiger partial charge in [-0.05, 0) is 12.3 Å². The lowest BCUT2D eigenvalue weighted by molar-refractivity contribution is 0.126. The van der Waals surface area contributed by atoms with Gasteiger partial charge in [0.15, 0.2) is 0 Å². The molecule has 0 saturated carbocycles. The van der Waals surface area contributed by atoms with Crippen LogP contribution < -0.4 is 0 Å². The van der Waals surface area contributed by atoms with E-state index in [4.69, 9.17) is 0 Å². The number of aliphatic hydroxyl groups is 1. The van der Waals surface area contributed by atoms with Gasteiger partial charge in [0.1, 0.15) is 0 Å². The first kappa shape index (κ1) is 9.69. The Morgan fingerprint density at radius 3 is 2.00 bits per heavy atom. The van der Waals surface area contributed by atoms with Crippen LogP contribution in [-0.2, 0) is 0 Å². The fourth-order valence-corrected chi connectivity index (χ4v) is 1.49. The van der Waals surface area contributed by atoms with E-state index in [9.17, 15) is 5.11 Å². The molecule has 9 heavy (non-hydrogen) atoms. The molecule has 1 N–H and O–H groups in total. The van der Waals surface area contributed by atoms with Crippen molar-refractivity contribution in [2.24, 2.45) is 5.92 Å². The summed E-state index contributed by atoms with van der Waals surface area (Å²) in [5.74, 6) is 0.395. The quantitative estimate of drug-likeness (QED) is 0.594. The molecule has 0 rings (SSSR count). The van der Waals surface area contributed by atoms with Gasteiger partial charge in [-0.25, -0.2) is 0 Å². The van der Waals surface area contributed by atoms with Crippen molar-refractivity contribution in [2.45, 2.75) is 37.2 Å². The van der Waals surface area contributed by atoms with Gasteiger partial charge in [-0.3, -0.25) is 0 Å². The summed E-state index contributed by atoms with van der Waals surface area (Å²) in [6, 6.07) is 0. The standard InChI is InChI=1S/C7H15IO/c1-4-6(8)7(9)5(2)3/h5-7,9H,4H2,1-3H3. The van der Waals surface area contributed by atoms with Crippen LogP contribution in [0.15, 0.2) is 0 Å². The highest BCUT2D eigenvalue weighted by Gasteiger charge is 2.16. The summed E-state index contributed by atoms with van der Waals surface area (Å²) < 4.78 is 0.419. The number of hydrogen-bond acceptors (Lipinski definition) is 1. The van der Waals surface area contributed by atoms with E-state index in [0.29, 0.717) is 9.84 Å². The Balaban J connectivity index is 3.58. The van der Waals surface area contributed by atoms with Crippen LogP contribution in [0, 0.1) is 5.92 Å². The van der Waals surface area contributed by atoms with Crippen molar-refractivity contribution in [2.75, 3.05) is 0 Å². The number of aliphatic hydroxyl groups excluding tert-OH is 1. The van der Waals surface area contributed by atoms with Gasteiger partial charge in [0.05, 0.1) is 6.10 Å². The summed E-state index contributed by atoms with van der Waals surface area (Å²) in [5.41, 5.74) is 0. The summed E-state index contributed by atoms with van der Waals surface area (Å²) in [6.07, 6.45) is 0.926. The van der Waals surface area contributed by atoms with Crippen LogP contribution in [0.3, 0.4) is 0 Å². The number of alkyl halides is 1. The maximum absolute atomic E-state index is 9.39. The summed E-state index contributed by atoms with van der Waals surface area (Å²) in [5, 5.41) is 9.39. The molecule has 0 aromatic carbocycles. The molecule has 0 aliphatic carbocycles. The van der Waals surface area contributed by atoms with E-state index in [1.165, 1.54) is 0 Å². The SMILES string of the molecule is CCC(I)C(O)C(C)C. The Labute approximate surface area is 71.0 Å². The second kappa shape index (κ2) is 4.50. The second-order valence-electron chi connectivity index (χ2n) is 2.66. The fourth-order valence-electron chi connectivity index (χ4n) is 0.659. The maximum atomic E-state index is 9.39. The molecule has 2 unspecified atom stereocenters. The monoisotopic (exact) mass is 242 g/mol. The molecule has 1 nitrogen and oxygen atoms in total. The second-order valence-corrected chi connectivity index (χ2v) is 4.26. The van der Waals surface area contributed by atoms with Crippen LogP contribution in [0.5, 0.6) is 0 Å². The topological polar surface area (TPSA) is 20.2 Å². The largest absolute Gasteiger partial charge is 0.392 e. The predicted molar refractivity (Wildman–Crippen MR) is 48.9 cm³/mol. The Morgan fingerprint density at radius 1 is 1.44 bits per heavy atom. The maximum Gasteiger partial charge on any atom is 0.0680 e. The minimum absolute atomic E-state index is 0.129. The minimum atomic E-state index is -0.129. The van der Waals surface area contributed by atoms with Crippen molar-refractivity contribution in [3.05, 3.63) is 0 Å². The number of halogens is 1. The van der Waals surface area contributed by atoms with E-state index in [1.54, 1.807) is 0 Å². The van der Waals surface area contributed by atoms with Crippen LogP contribution in [0.25, 0.3) is 0 Å². The van der Waals surface area contributed by atoms with E-state index >= 15 is 0 Å². The highest BCUT2D eigenvalue weighted by molar-refractivity contribution is 14.1. The lowest BCUT2D eigenvalue weighted by Crippen LogP contribution is -2.25. The molecular weight excluding hydrogens is 227 g/mol. The molecule has 2 heteroatoms. The van der Waals surface area contributed by atoms with Crippen LogP contribution in [0.2, 0.25) is 0 Å². The van der Waals surface area contributed by atoms with Crippen molar-refractivity contribution < 1.29 is 5.11 Å². The number of rotatable bonds is 3. The van der Waals surface area contributed by atoms with Gasteiger partial charge in [0.2, 0.25) is 0 Å². The van der Waals surface area contributed by atoms with E-state index in [2.05, 4.69) is 29.5 Å². The first-order chi connectivity index (χ1) is 4.09. The smallest absolute Gasteiger partial charge is 0.0680 e. The van der Waals surface area contributed by atoms with Gasteiger partial charge in [-0.1, -0.05) is 43.4 Å². The fraction of sp³-hybridized carbons (Fsp3) is 1.00. The van der Waals surface area contributed by atoms with Crippen LogP contribution in [-0.4, -0.2) is 15.1 Å². The van der Waals surface area contributed by atoms with Gasteiger partial charge in [0, 0.05) is 3.92 Å². The highest BCUT2D eigenvalue weighted by atomic mass is 127. The Hall–Kier alpha value is 0.690. The molecule has 0 heterocycles. The van der Waals surface area contributed by atoms with Gasteiger partial charge in [-0.15, -0.1) is 0 Å². The summed E-state index contributed by atoms with van der Waals surface area (Å²) in [7, 11) is 0. The van der Waals surface area contributed by atoms with Crippen molar-refractivity contribution in [3.63, 3.8) is 0 Å². The predicted octanol–water partition coefficient (Wildman–Crippen LogP) is 2.22. The third-order valence-corrected chi connectivity index (χ3v) is 3.06. The lowest BCUT2D eigenvalue weighted by atomic mass is 10.0. The van der Waals surface area contributed by atoms with Crippen LogP contribution in [0.1, 0.15) is 27.2 Å². The van der Waals surface area contributed by atoms with E-state index < -0.39 is 0 Å². The Bertz CT molecular complexity index is 73.3. The van der Waals surface area contributed by atoms with Crippen LogP contribution in [0.4, 0.5) is 0 Å². The minimum Gasteiger partial charge on any atom is -0.392 e. The molecule has 0 spiro atoms. The molecule has 0 aliphatic heterocycles. The molecule has 0 aliphatic rings. The zero-order valence-electron chi connectivity index (χ0n) is 6.26. The molecule has 0 aromatic rings. The molecule has 2 atom stereocenters. The molecule has 0 fully saturated rings. The van der Waals surface area contributed by atoms with E-state index in [0.717, 1.165) is 6.42 Å². The summed E-state index contributed by atoms with van der Waals surface area (Å²) in [4.78, 5) is 0. The van der Waals surface area contributed by atoms with Crippen molar-refractivity contribution in [1.82, 2.24) is 0 Å². The summed E-state index contributed by atoms with van der Waals surface area (Å²) >= 11 is 2.30. The molecule has 0 amide bonds. The Kier molecular flexibility index (Phi) is 4.84. The third kappa shape index (κ3) is 3.40. The molecule has 0 saturated heterocycles.